The lowest BCUT2D eigenvalue weighted by Crippen LogP contribution is -2.37. The van der Waals surface area contributed by atoms with E-state index in [-0.39, 0.29) is 0 Å². The molecule has 6 heteroatoms. The van der Waals surface area contributed by atoms with Crippen LogP contribution in [-0.2, 0) is 9.53 Å². The molecule has 0 bridgehead atoms. The molecule has 33 heavy (non-hydrogen) atoms. The van der Waals surface area contributed by atoms with Gasteiger partial charge >= 0.3 is 5.97 Å². The Bertz CT molecular complexity index is 1400. The summed E-state index contributed by atoms with van der Waals surface area (Å²) in [6.07, 6.45) is 0.664. The lowest BCUT2D eigenvalue weighted by molar-refractivity contribution is -0.160. The Morgan fingerprint density at radius 1 is 1.15 bits per heavy atom. The maximum Gasteiger partial charge on any atom is 0.337 e. The van der Waals surface area contributed by atoms with Crippen LogP contribution in [0, 0.1) is 6.92 Å². The Kier molecular flexibility index (Phi) is 5.20. The highest BCUT2D eigenvalue weighted by atomic mass is 16.5. The predicted molar refractivity (Wildman–Crippen MR) is 127 cm³/mol. The van der Waals surface area contributed by atoms with E-state index in [1.807, 2.05) is 64.1 Å². The molecule has 0 saturated heterocycles. The van der Waals surface area contributed by atoms with Crippen molar-refractivity contribution in [1.29, 1.82) is 0 Å². The van der Waals surface area contributed by atoms with Crippen molar-refractivity contribution in [2.45, 2.75) is 52.2 Å². The fourth-order valence-corrected chi connectivity index (χ4v) is 4.91. The van der Waals surface area contributed by atoms with Crippen molar-refractivity contribution in [3.63, 3.8) is 0 Å². The molecular weight excluding hydrogens is 416 g/mol. The Morgan fingerprint density at radius 3 is 2.70 bits per heavy atom. The van der Waals surface area contributed by atoms with Gasteiger partial charge in [-0.15, -0.1) is 0 Å². The van der Waals surface area contributed by atoms with Gasteiger partial charge in [0.15, 0.2) is 6.10 Å². The zero-order valence-corrected chi connectivity index (χ0v) is 19.4. The highest BCUT2D eigenvalue weighted by Crippen LogP contribution is 2.38. The minimum Gasteiger partial charge on any atom is -0.493 e. The van der Waals surface area contributed by atoms with Gasteiger partial charge in [-0.2, -0.15) is 0 Å². The van der Waals surface area contributed by atoms with Crippen LogP contribution in [0.5, 0.6) is 5.75 Å². The molecule has 0 radical (unpaired) electrons. The van der Waals surface area contributed by atoms with Crippen molar-refractivity contribution >= 4 is 22.4 Å². The zero-order valence-electron chi connectivity index (χ0n) is 19.4. The van der Waals surface area contributed by atoms with Gasteiger partial charge in [-0.25, -0.2) is 4.79 Å². The highest BCUT2D eigenvalue weighted by molar-refractivity contribution is 5.98. The summed E-state index contributed by atoms with van der Waals surface area (Å²) in [6.45, 7) is 8.85. The van der Waals surface area contributed by atoms with E-state index in [4.69, 9.17) is 19.5 Å². The summed E-state index contributed by atoms with van der Waals surface area (Å²) in [5.74, 6) is -0.179. The molecular formula is C27H28N2O4. The maximum atomic E-state index is 12.5. The fourth-order valence-electron chi connectivity index (χ4n) is 4.91. The van der Waals surface area contributed by atoms with E-state index in [9.17, 15) is 9.90 Å². The largest absolute Gasteiger partial charge is 0.493 e. The van der Waals surface area contributed by atoms with E-state index >= 15 is 0 Å². The van der Waals surface area contributed by atoms with Crippen LogP contribution in [-0.4, -0.2) is 34.8 Å². The summed E-state index contributed by atoms with van der Waals surface area (Å²) < 4.78 is 12.0. The third-order valence-electron chi connectivity index (χ3n) is 6.19. The van der Waals surface area contributed by atoms with Gasteiger partial charge in [0.25, 0.3) is 0 Å². The van der Waals surface area contributed by atoms with E-state index in [0.717, 1.165) is 57.7 Å². The van der Waals surface area contributed by atoms with Crippen LogP contribution in [0.15, 0.2) is 41.4 Å². The first-order valence-electron chi connectivity index (χ1n) is 11.4. The van der Waals surface area contributed by atoms with Gasteiger partial charge in [0.1, 0.15) is 5.75 Å². The number of aliphatic carboxylic acids is 1. The first-order valence-corrected chi connectivity index (χ1v) is 11.4. The number of carboxylic acid groups (broad SMARTS) is 1. The van der Waals surface area contributed by atoms with E-state index in [0.29, 0.717) is 17.9 Å². The van der Waals surface area contributed by atoms with Crippen molar-refractivity contribution < 1.29 is 19.4 Å². The van der Waals surface area contributed by atoms with E-state index < -0.39 is 17.7 Å². The SMILES string of the molecule is Cc1nc2ccccc2c(-c2ccc3c4c2=NCCC=4CCO3)c1C(OC(C)(C)C)C(=O)O. The smallest absolute Gasteiger partial charge is 0.337 e. The molecule has 0 spiro atoms. The minimum atomic E-state index is -1.16. The molecule has 1 aromatic heterocycles. The highest BCUT2D eigenvalue weighted by Gasteiger charge is 2.33. The number of aryl methyl sites for hydroxylation is 1. The minimum absolute atomic E-state index is 0.575. The molecule has 1 unspecified atom stereocenters. The Morgan fingerprint density at radius 2 is 1.94 bits per heavy atom. The van der Waals surface area contributed by atoms with Gasteiger partial charge in [-0.05, 0) is 52.3 Å². The number of hydrogen-bond donors (Lipinski definition) is 1. The average Bonchev–Trinajstić information content (AvgIpc) is 2.77. The summed E-state index contributed by atoms with van der Waals surface area (Å²) in [4.78, 5) is 22.2. The summed E-state index contributed by atoms with van der Waals surface area (Å²) in [6, 6.07) is 11.8. The molecule has 170 valence electrons. The Labute approximate surface area is 192 Å². The fraction of sp³-hybridized carbons (Fsp3) is 0.370. The number of ether oxygens (including phenoxy) is 2. The van der Waals surface area contributed by atoms with Gasteiger partial charge in [-0.3, -0.25) is 9.98 Å². The molecule has 3 aromatic rings. The second-order valence-electron chi connectivity index (χ2n) is 9.62. The average molecular weight is 445 g/mol. The van der Waals surface area contributed by atoms with Crippen LogP contribution in [0.25, 0.3) is 27.6 Å². The standard InChI is InChI=1S/C27H28N2O4/c1-15-21(25(26(30)31)33-27(2,3)4)23(17-7-5-6-8-19(17)29-15)18-9-10-20-22-16(12-14-32-20)11-13-28-24(18)22/h5-10,25H,11-14H2,1-4H3,(H,30,31). The monoisotopic (exact) mass is 444 g/mol. The van der Waals surface area contributed by atoms with E-state index in [1.54, 1.807) is 0 Å². The van der Waals surface area contributed by atoms with Crippen molar-refractivity contribution in [2.24, 2.45) is 4.99 Å². The number of hydrogen-bond acceptors (Lipinski definition) is 5. The van der Waals surface area contributed by atoms with Crippen LogP contribution in [0.3, 0.4) is 0 Å². The van der Waals surface area contributed by atoms with Gasteiger partial charge < -0.3 is 14.6 Å². The number of para-hydroxylation sites is 1. The molecule has 6 nitrogen and oxygen atoms in total. The molecule has 1 atom stereocenters. The first-order chi connectivity index (χ1) is 15.7. The van der Waals surface area contributed by atoms with Crippen molar-refractivity contribution in [3.05, 3.63) is 58.2 Å². The Balaban J connectivity index is 1.91. The van der Waals surface area contributed by atoms with Crippen LogP contribution in [0.2, 0.25) is 0 Å². The topological polar surface area (TPSA) is 81.0 Å². The number of carboxylic acids is 1. The maximum absolute atomic E-state index is 12.5. The van der Waals surface area contributed by atoms with Crippen LogP contribution >= 0.6 is 0 Å². The van der Waals surface area contributed by atoms with Gasteiger partial charge in [-0.1, -0.05) is 23.8 Å². The van der Waals surface area contributed by atoms with E-state index in [2.05, 4.69) is 0 Å². The lowest BCUT2D eigenvalue weighted by atomic mass is 9.88. The second-order valence-corrected chi connectivity index (χ2v) is 9.62. The summed E-state index contributed by atoms with van der Waals surface area (Å²) in [5, 5.41) is 13.1. The Hall–Kier alpha value is -3.25. The van der Waals surface area contributed by atoms with Crippen LogP contribution < -0.4 is 15.3 Å². The number of fused-ring (bicyclic) bond motifs is 1. The molecule has 1 N–H and O–H groups in total. The molecule has 5 rings (SSSR count). The quantitative estimate of drug-likeness (QED) is 0.655. The normalized spacial score (nSPS) is 16.1. The molecule has 0 fully saturated rings. The molecule has 0 aliphatic carbocycles. The molecule has 2 aromatic carbocycles. The van der Waals surface area contributed by atoms with Crippen molar-refractivity contribution in [3.8, 4) is 16.9 Å². The third kappa shape index (κ3) is 3.78. The molecule has 2 aliphatic rings. The summed E-state index contributed by atoms with van der Waals surface area (Å²) in [7, 11) is 0. The lowest BCUT2D eigenvalue weighted by Gasteiger charge is -2.28. The number of pyridine rings is 1. The van der Waals surface area contributed by atoms with Gasteiger partial charge in [0.2, 0.25) is 0 Å². The summed E-state index contributed by atoms with van der Waals surface area (Å²) in [5.41, 5.74) is 4.46. The van der Waals surface area contributed by atoms with Crippen molar-refractivity contribution in [2.75, 3.05) is 13.2 Å². The predicted octanol–water partition coefficient (Wildman–Crippen LogP) is 4.11. The number of rotatable bonds is 4. The number of carbonyl (C=O) groups is 1. The number of nitrogens with zero attached hydrogens (tertiary/aromatic N) is 2. The molecule has 2 aliphatic heterocycles. The van der Waals surface area contributed by atoms with Crippen LogP contribution in [0.1, 0.15) is 51.0 Å². The summed E-state index contributed by atoms with van der Waals surface area (Å²) >= 11 is 0. The number of benzene rings is 2. The van der Waals surface area contributed by atoms with Gasteiger partial charge in [0, 0.05) is 46.0 Å². The second kappa shape index (κ2) is 7.96. The van der Waals surface area contributed by atoms with Crippen molar-refractivity contribution in [1.82, 2.24) is 4.98 Å². The van der Waals surface area contributed by atoms with Gasteiger partial charge in [0.05, 0.1) is 23.1 Å². The molecule has 3 heterocycles. The van der Waals surface area contributed by atoms with E-state index in [1.165, 1.54) is 5.57 Å². The first kappa shape index (κ1) is 21.6. The molecule has 0 saturated carbocycles. The van der Waals surface area contributed by atoms with Crippen LogP contribution in [0.4, 0.5) is 0 Å². The number of aromatic nitrogens is 1. The zero-order chi connectivity index (χ0) is 23.3. The molecule has 0 amide bonds. The third-order valence-corrected chi connectivity index (χ3v) is 6.19.